The Morgan fingerprint density at radius 1 is 1.11 bits per heavy atom. The monoisotopic (exact) mass is 443 g/mol. The first-order valence-corrected chi connectivity index (χ1v) is 11.2. The second kappa shape index (κ2) is 9.63. The van der Waals surface area contributed by atoms with Crippen molar-refractivity contribution in [2.45, 2.75) is 27.3 Å². The Balaban J connectivity index is 2.28. The molecule has 152 valence electrons. The summed E-state index contributed by atoms with van der Waals surface area (Å²) in [5.74, 6) is 0.135. The quantitative estimate of drug-likeness (QED) is 0.537. The molecule has 0 saturated carbocycles. The van der Waals surface area contributed by atoms with Gasteiger partial charge in [-0.15, -0.1) is 0 Å². The summed E-state index contributed by atoms with van der Waals surface area (Å²) < 4.78 is 28.5. The van der Waals surface area contributed by atoms with Crippen molar-refractivity contribution in [3.63, 3.8) is 0 Å². The van der Waals surface area contributed by atoms with Crippen LogP contribution in [-0.2, 0) is 16.7 Å². The van der Waals surface area contributed by atoms with Crippen molar-refractivity contribution in [2.24, 2.45) is 5.92 Å². The van der Waals surface area contributed by atoms with Crippen LogP contribution in [0.4, 0.5) is 0 Å². The Morgan fingerprint density at radius 3 is 2.32 bits per heavy atom. The normalized spacial score (nSPS) is 11.5. The van der Waals surface area contributed by atoms with Gasteiger partial charge in [-0.1, -0.05) is 49.2 Å². The molecule has 0 aromatic heterocycles. The van der Waals surface area contributed by atoms with Crippen LogP contribution in [0.5, 0.6) is 5.75 Å². The molecule has 0 radical (unpaired) electrons. The van der Waals surface area contributed by atoms with Gasteiger partial charge in [-0.2, -0.15) is 8.42 Å². The van der Waals surface area contributed by atoms with Crippen LogP contribution in [0.1, 0.15) is 36.7 Å². The summed E-state index contributed by atoms with van der Waals surface area (Å²) >= 11 is 12.1. The molecule has 0 spiro atoms. The molecule has 0 atom stereocenters. The predicted molar refractivity (Wildman–Crippen MR) is 113 cm³/mol. The third-order valence-corrected chi connectivity index (χ3v) is 5.42. The van der Waals surface area contributed by atoms with Crippen LogP contribution in [0.25, 0.3) is 0 Å². The van der Waals surface area contributed by atoms with E-state index in [2.05, 4.69) is 0 Å². The largest absolute Gasteiger partial charge is 0.382 e. The zero-order chi connectivity index (χ0) is 20.9. The average Bonchev–Trinajstić information content (AvgIpc) is 2.59. The van der Waals surface area contributed by atoms with Crippen molar-refractivity contribution in [1.29, 1.82) is 0 Å². The fourth-order valence-electron chi connectivity index (χ4n) is 2.64. The fourth-order valence-corrected chi connectivity index (χ4v) is 3.68. The lowest BCUT2D eigenvalue weighted by molar-refractivity contribution is 0.0722. The molecule has 0 heterocycles. The maximum absolute atomic E-state index is 13.0. The summed E-state index contributed by atoms with van der Waals surface area (Å²) in [5.41, 5.74) is 1.16. The lowest BCUT2D eigenvalue weighted by atomic mass is 10.1. The maximum atomic E-state index is 13.0. The van der Waals surface area contributed by atoms with Gasteiger partial charge in [0.25, 0.3) is 5.91 Å². The zero-order valence-electron chi connectivity index (χ0n) is 16.0. The summed E-state index contributed by atoms with van der Waals surface area (Å²) in [6, 6.07) is 11.4. The van der Waals surface area contributed by atoms with E-state index in [9.17, 15) is 13.2 Å². The predicted octanol–water partition coefficient (Wildman–Crippen LogP) is 5.02. The SMILES string of the molecule is CCS(=O)(=O)Oc1cccc(CN(CC(C)C)C(=O)c2cc(Cl)cc(Cl)c2)c1. The van der Waals surface area contributed by atoms with Crippen molar-refractivity contribution in [3.05, 3.63) is 63.6 Å². The second-order valence-corrected chi connectivity index (χ2v) is 9.55. The first-order valence-electron chi connectivity index (χ1n) is 8.86. The van der Waals surface area contributed by atoms with E-state index in [1.807, 2.05) is 19.9 Å². The lowest BCUT2D eigenvalue weighted by Gasteiger charge is -2.25. The second-order valence-electron chi connectivity index (χ2n) is 6.81. The molecule has 0 bridgehead atoms. The van der Waals surface area contributed by atoms with Gasteiger partial charge in [0.05, 0.1) is 5.75 Å². The number of hydrogen-bond donors (Lipinski definition) is 0. The molecule has 0 aliphatic rings. The van der Waals surface area contributed by atoms with Gasteiger partial charge in [-0.25, -0.2) is 0 Å². The fraction of sp³-hybridized carbons (Fsp3) is 0.350. The zero-order valence-corrected chi connectivity index (χ0v) is 18.3. The minimum Gasteiger partial charge on any atom is -0.382 e. The van der Waals surface area contributed by atoms with E-state index in [1.165, 1.54) is 6.92 Å². The maximum Gasteiger partial charge on any atom is 0.308 e. The van der Waals surface area contributed by atoms with Crippen molar-refractivity contribution < 1.29 is 17.4 Å². The Bertz CT molecular complexity index is 925. The number of nitrogens with zero attached hydrogens (tertiary/aromatic N) is 1. The van der Waals surface area contributed by atoms with Gasteiger partial charge in [-0.3, -0.25) is 4.79 Å². The molecule has 28 heavy (non-hydrogen) atoms. The van der Waals surface area contributed by atoms with Gasteiger partial charge in [0.15, 0.2) is 0 Å². The van der Waals surface area contributed by atoms with Gasteiger partial charge in [0, 0.05) is 28.7 Å². The summed E-state index contributed by atoms with van der Waals surface area (Å²) in [7, 11) is -3.62. The van der Waals surface area contributed by atoms with Gasteiger partial charge in [0.2, 0.25) is 0 Å². The molecule has 0 unspecified atom stereocenters. The van der Waals surface area contributed by atoms with Crippen molar-refractivity contribution in [1.82, 2.24) is 4.90 Å². The topological polar surface area (TPSA) is 63.7 Å². The molecule has 1 amide bonds. The van der Waals surface area contributed by atoms with Crippen LogP contribution in [0.3, 0.4) is 0 Å². The number of rotatable bonds is 8. The average molecular weight is 444 g/mol. The van der Waals surface area contributed by atoms with Gasteiger partial charge >= 0.3 is 10.1 Å². The molecule has 2 aromatic carbocycles. The molecule has 0 aliphatic heterocycles. The van der Waals surface area contributed by atoms with Gasteiger partial charge < -0.3 is 9.08 Å². The van der Waals surface area contributed by atoms with Crippen molar-refractivity contribution >= 4 is 39.2 Å². The molecular weight excluding hydrogens is 421 g/mol. The van der Waals surface area contributed by atoms with E-state index < -0.39 is 10.1 Å². The van der Waals surface area contributed by atoms with E-state index >= 15 is 0 Å². The minimum absolute atomic E-state index is 0.120. The highest BCUT2D eigenvalue weighted by molar-refractivity contribution is 7.87. The van der Waals surface area contributed by atoms with Crippen LogP contribution >= 0.6 is 23.2 Å². The number of amides is 1. The van der Waals surface area contributed by atoms with E-state index in [4.69, 9.17) is 27.4 Å². The molecule has 0 saturated heterocycles. The molecule has 0 N–H and O–H groups in total. The number of benzene rings is 2. The Labute approximate surface area is 176 Å². The Hall–Kier alpha value is -1.76. The molecule has 5 nitrogen and oxygen atoms in total. The Kier molecular flexibility index (Phi) is 7.75. The van der Waals surface area contributed by atoms with Gasteiger partial charge in [0.1, 0.15) is 5.75 Å². The summed E-state index contributed by atoms with van der Waals surface area (Å²) in [4.78, 5) is 14.7. The summed E-state index contributed by atoms with van der Waals surface area (Å²) in [5, 5.41) is 0.779. The van der Waals surface area contributed by atoms with Gasteiger partial charge in [-0.05, 0) is 48.7 Å². The smallest absolute Gasteiger partial charge is 0.308 e. The highest BCUT2D eigenvalue weighted by Gasteiger charge is 2.19. The molecule has 0 aliphatic carbocycles. The molecule has 0 fully saturated rings. The summed E-state index contributed by atoms with van der Waals surface area (Å²) in [6.45, 7) is 6.35. The van der Waals surface area contributed by atoms with E-state index in [0.717, 1.165) is 5.56 Å². The van der Waals surface area contributed by atoms with Crippen LogP contribution in [0, 0.1) is 5.92 Å². The van der Waals surface area contributed by atoms with E-state index in [0.29, 0.717) is 28.7 Å². The number of carbonyl (C=O) groups excluding carboxylic acids is 1. The molecule has 2 rings (SSSR count). The highest BCUT2D eigenvalue weighted by Crippen LogP contribution is 2.22. The minimum atomic E-state index is -3.62. The standard InChI is InChI=1S/C20H23Cl2NO4S/c1-4-28(25,26)27-19-7-5-6-15(8-19)13-23(12-14(2)3)20(24)16-9-17(21)11-18(22)10-16/h5-11,14H,4,12-13H2,1-3H3. The van der Waals surface area contributed by atoms with Crippen LogP contribution in [0.2, 0.25) is 10.0 Å². The number of halogens is 2. The lowest BCUT2D eigenvalue weighted by Crippen LogP contribution is -2.33. The van der Waals surface area contributed by atoms with E-state index in [-0.39, 0.29) is 23.3 Å². The number of carbonyl (C=O) groups is 1. The van der Waals surface area contributed by atoms with E-state index in [1.54, 1.807) is 41.3 Å². The molecule has 2 aromatic rings. The first kappa shape index (κ1) is 22.5. The van der Waals surface area contributed by atoms with Crippen LogP contribution in [0.15, 0.2) is 42.5 Å². The number of hydrogen-bond acceptors (Lipinski definition) is 4. The third kappa shape index (κ3) is 6.69. The molecular formula is C20H23Cl2NO4S. The summed E-state index contributed by atoms with van der Waals surface area (Å²) in [6.07, 6.45) is 0. The Morgan fingerprint density at radius 2 is 1.75 bits per heavy atom. The third-order valence-electron chi connectivity index (χ3n) is 3.83. The van der Waals surface area contributed by atoms with Crippen molar-refractivity contribution in [3.8, 4) is 5.75 Å². The first-order chi connectivity index (χ1) is 13.1. The van der Waals surface area contributed by atoms with Crippen molar-refractivity contribution in [2.75, 3.05) is 12.3 Å². The molecule has 8 heteroatoms. The van der Waals surface area contributed by atoms with Crippen LogP contribution in [-0.4, -0.2) is 31.5 Å². The van der Waals surface area contributed by atoms with Crippen LogP contribution < -0.4 is 4.18 Å². The highest BCUT2D eigenvalue weighted by atomic mass is 35.5.